The number of hydrogen-bond donors (Lipinski definition) is 3. The standard InChI is InChI=1S/C22H22N4O5/c1-3-31-22(30)14-7-6-8-15(11-14)24-20(28)13(2)23-19(27)12-18-16-9-4-5-10-17(16)21(29)26-25-18/h4-11,13H,3,12H2,1-2H3,(H,23,27)(H,24,28)(H,26,29)/t13-/m1/s1. The number of H-pyrrole nitrogens is 1. The average molecular weight is 422 g/mol. The molecule has 3 rings (SSSR count). The molecule has 0 aliphatic heterocycles. The second kappa shape index (κ2) is 9.66. The van der Waals surface area contributed by atoms with Crippen LogP contribution in [0.4, 0.5) is 5.69 Å². The molecule has 0 saturated heterocycles. The highest BCUT2D eigenvalue weighted by molar-refractivity contribution is 5.99. The van der Waals surface area contributed by atoms with Crippen molar-refractivity contribution >= 4 is 34.2 Å². The van der Waals surface area contributed by atoms with Crippen molar-refractivity contribution in [3.8, 4) is 0 Å². The first-order valence-corrected chi connectivity index (χ1v) is 9.72. The fraction of sp³-hybridized carbons (Fsp3) is 0.227. The predicted octanol–water partition coefficient (Wildman–Crippen LogP) is 1.79. The molecule has 0 fully saturated rings. The number of carbonyl (C=O) groups excluding carboxylic acids is 3. The highest BCUT2D eigenvalue weighted by atomic mass is 16.5. The minimum atomic E-state index is -0.840. The van der Waals surface area contributed by atoms with Crippen LogP contribution in [-0.2, 0) is 20.7 Å². The van der Waals surface area contributed by atoms with Crippen LogP contribution in [0.1, 0.15) is 29.9 Å². The molecule has 0 aliphatic rings. The highest BCUT2D eigenvalue weighted by Crippen LogP contribution is 2.14. The first-order chi connectivity index (χ1) is 14.9. The van der Waals surface area contributed by atoms with E-state index in [0.29, 0.717) is 27.7 Å². The molecule has 1 atom stereocenters. The Bertz CT molecular complexity index is 1190. The van der Waals surface area contributed by atoms with E-state index in [4.69, 9.17) is 4.74 Å². The second-order valence-electron chi connectivity index (χ2n) is 6.80. The van der Waals surface area contributed by atoms with Crippen molar-refractivity contribution in [1.82, 2.24) is 15.5 Å². The van der Waals surface area contributed by atoms with Crippen LogP contribution in [-0.4, -0.2) is 40.6 Å². The number of rotatable bonds is 7. The Labute approximate surface area is 177 Å². The van der Waals surface area contributed by atoms with Gasteiger partial charge in [0.25, 0.3) is 5.56 Å². The Kier molecular flexibility index (Phi) is 6.76. The normalized spacial score (nSPS) is 11.5. The number of amides is 2. The van der Waals surface area contributed by atoms with Crippen LogP contribution in [0.2, 0.25) is 0 Å². The average Bonchev–Trinajstić information content (AvgIpc) is 2.76. The lowest BCUT2D eigenvalue weighted by Gasteiger charge is -2.15. The number of carbonyl (C=O) groups is 3. The van der Waals surface area contributed by atoms with E-state index in [1.807, 2.05) is 0 Å². The molecular weight excluding hydrogens is 400 g/mol. The van der Waals surface area contributed by atoms with Crippen LogP contribution in [0.15, 0.2) is 53.3 Å². The van der Waals surface area contributed by atoms with Crippen LogP contribution in [0, 0.1) is 0 Å². The fourth-order valence-corrected chi connectivity index (χ4v) is 3.01. The third-order valence-electron chi connectivity index (χ3n) is 4.52. The summed E-state index contributed by atoms with van der Waals surface area (Å²) in [6, 6.07) is 12.3. The van der Waals surface area contributed by atoms with Gasteiger partial charge in [0.2, 0.25) is 11.8 Å². The lowest BCUT2D eigenvalue weighted by molar-refractivity contribution is -0.125. The Balaban J connectivity index is 1.63. The first-order valence-electron chi connectivity index (χ1n) is 9.72. The molecule has 0 aliphatic carbocycles. The Morgan fingerprint density at radius 2 is 1.84 bits per heavy atom. The van der Waals surface area contributed by atoms with Crippen molar-refractivity contribution < 1.29 is 19.1 Å². The topological polar surface area (TPSA) is 130 Å². The van der Waals surface area contributed by atoms with Crippen molar-refractivity contribution in [1.29, 1.82) is 0 Å². The van der Waals surface area contributed by atoms with Gasteiger partial charge in [-0.1, -0.05) is 24.3 Å². The van der Waals surface area contributed by atoms with Gasteiger partial charge in [0.1, 0.15) is 6.04 Å². The van der Waals surface area contributed by atoms with Crippen LogP contribution >= 0.6 is 0 Å². The quantitative estimate of drug-likeness (QED) is 0.498. The molecule has 9 nitrogen and oxygen atoms in total. The monoisotopic (exact) mass is 422 g/mol. The van der Waals surface area contributed by atoms with Crippen LogP contribution in [0.5, 0.6) is 0 Å². The van der Waals surface area contributed by atoms with E-state index in [1.165, 1.54) is 6.07 Å². The van der Waals surface area contributed by atoms with Gasteiger partial charge in [-0.25, -0.2) is 9.89 Å². The zero-order valence-electron chi connectivity index (χ0n) is 17.1. The van der Waals surface area contributed by atoms with Gasteiger partial charge >= 0.3 is 5.97 Å². The molecule has 0 saturated carbocycles. The Morgan fingerprint density at radius 3 is 2.58 bits per heavy atom. The summed E-state index contributed by atoms with van der Waals surface area (Å²) in [5.74, 6) is -1.36. The molecule has 1 aromatic heterocycles. The summed E-state index contributed by atoms with van der Waals surface area (Å²) in [4.78, 5) is 48.6. The summed E-state index contributed by atoms with van der Waals surface area (Å²) in [5, 5.41) is 12.6. The lowest BCUT2D eigenvalue weighted by Crippen LogP contribution is -2.42. The van der Waals surface area contributed by atoms with E-state index in [1.54, 1.807) is 56.3 Å². The molecular formula is C22H22N4O5. The molecule has 9 heteroatoms. The van der Waals surface area contributed by atoms with Crippen molar-refractivity contribution in [2.75, 3.05) is 11.9 Å². The number of aromatic amines is 1. The smallest absolute Gasteiger partial charge is 0.338 e. The number of ether oxygens (including phenoxy) is 1. The van der Waals surface area contributed by atoms with E-state index < -0.39 is 23.8 Å². The molecule has 0 bridgehead atoms. The first kappa shape index (κ1) is 21.7. The summed E-state index contributed by atoms with van der Waals surface area (Å²) in [5.41, 5.74) is 0.789. The number of esters is 1. The van der Waals surface area contributed by atoms with E-state index in [9.17, 15) is 19.2 Å². The molecule has 3 N–H and O–H groups in total. The molecule has 2 aromatic carbocycles. The number of hydrogen-bond acceptors (Lipinski definition) is 6. The molecule has 0 radical (unpaired) electrons. The van der Waals surface area contributed by atoms with Crippen LogP contribution in [0.3, 0.4) is 0 Å². The predicted molar refractivity (Wildman–Crippen MR) is 115 cm³/mol. The molecule has 0 unspecified atom stereocenters. The zero-order chi connectivity index (χ0) is 22.4. The maximum absolute atomic E-state index is 12.5. The maximum atomic E-state index is 12.5. The summed E-state index contributed by atoms with van der Waals surface area (Å²) in [6.07, 6.45) is -0.104. The number of nitrogens with one attached hydrogen (secondary N) is 3. The van der Waals surface area contributed by atoms with Gasteiger partial charge in [-0.05, 0) is 38.1 Å². The SMILES string of the molecule is CCOC(=O)c1cccc(NC(=O)[C@@H](C)NC(=O)Cc2n[nH]c(=O)c3ccccc23)c1. The number of nitrogens with zero attached hydrogens (tertiary/aromatic N) is 1. The maximum Gasteiger partial charge on any atom is 0.338 e. The highest BCUT2D eigenvalue weighted by Gasteiger charge is 2.18. The number of fused-ring (bicyclic) bond motifs is 1. The van der Waals surface area contributed by atoms with Crippen molar-refractivity contribution in [3.05, 3.63) is 70.1 Å². The molecule has 2 amide bonds. The van der Waals surface area contributed by atoms with Gasteiger partial charge in [-0.3, -0.25) is 14.4 Å². The van der Waals surface area contributed by atoms with E-state index >= 15 is 0 Å². The molecule has 1 heterocycles. The zero-order valence-corrected chi connectivity index (χ0v) is 17.1. The number of aromatic nitrogens is 2. The van der Waals surface area contributed by atoms with Gasteiger partial charge in [0, 0.05) is 11.1 Å². The summed E-state index contributed by atoms with van der Waals surface area (Å²) >= 11 is 0. The fourth-order valence-electron chi connectivity index (χ4n) is 3.01. The van der Waals surface area contributed by atoms with Crippen LogP contribution in [0.25, 0.3) is 10.8 Å². The van der Waals surface area contributed by atoms with Gasteiger partial charge in [0.15, 0.2) is 0 Å². The third-order valence-corrected chi connectivity index (χ3v) is 4.52. The van der Waals surface area contributed by atoms with Crippen molar-refractivity contribution in [3.63, 3.8) is 0 Å². The summed E-state index contributed by atoms with van der Waals surface area (Å²) in [7, 11) is 0. The minimum absolute atomic E-state index is 0.104. The Morgan fingerprint density at radius 1 is 1.10 bits per heavy atom. The van der Waals surface area contributed by atoms with E-state index in [-0.39, 0.29) is 18.6 Å². The van der Waals surface area contributed by atoms with Gasteiger partial charge in [-0.2, -0.15) is 5.10 Å². The lowest BCUT2D eigenvalue weighted by atomic mass is 10.1. The van der Waals surface area contributed by atoms with Crippen LogP contribution < -0.4 is 16.2 Å². The van der Waals surface area contributed by atoms with E-state index in [0.717, 1.165) is 0 Å². The third kappa shape index (κ3) is 5.33. The molecule has 3 aromatic rings. The van der Waals surface area contributed by atoms with Crippen molar-refractivity contribution in [2.45, 2.75) is 26.3 Å². The van der Waals surface area contributed by atoms with Gasteiger partial charge < -0.3 is 15.4 Å². The molecule has 0 spiro atoms. The largest absolute Gasteiger partial charge is 0.462 e. The molecule has 160 valence electrons. The van der Waals surface area contributed by atoms with Crippen molar-refractivity contribution in [2.24, 2.45) is 0 Å². The van der Waals surface area contributed by atoms with Gasteiger partial charge in [0.05, 0.1) is 29.7 Å². The number of anilines is 1. The Hall–Kier alpha value is -4.01. The summed E-state index contributed by atoms with van der Waals surface area (Å²) in [6.45, 7) is 3.50. The van der Waals surface area contributed by atoms with Gasteiger partial charge in [-0.15, -0.1) is 0 Å². The summed E-state index contributed by atoms with van der Waals surface area (Å²) < 4.78 is 4.95. The number of benzene rings is 2. The second-order valence-corrected chi connectivity index (χ2v) is 6.80. The van der Waals surface area contributed by atoms with E-state index in [2.05, 4.69) is 20.8 Å². The minimum Gasteiger partial charge on any atom is -0.462 e. The molecule has 31 heavy (non-hydrogen) atoms.